The molecule has 0 aliphatic heterocycles. The summed E-state index contributed by atoms with van der Waals surface area (Å²) in [6.07, 6.45) is 0.457. The van der Waals surface area contributed by atoms with Gasteiger partial charge in [-0.15, -0.1) is 0 Å². The number of benzene rings is 1. The maximum atomic E-state index is 12.9. The Hall–Kier alpha value is -2.38. The number of thioether (sulfide) groups is 1. The van der Waals surface area contributed by atoms with Crippen LogP contribution < -0.4 is 5.56 Å². The molecule has 0 saturated heterocycles. The van der Waals surface area contributed by atoms with Gasteiger partial charge in [-0.3, -0.25) is 14.2 Å². The summed E-state index contributed by atoms with van der Waals surface area (Å²) in [6, 6.07) is 9.12. The van der Waals surface area contributed by atoms with Crippen molar-refractivity contribution >= 4 is 28.4 Å². The molecule has 3 rings (SSSR count). The minimum Gasteiger partial charge on any atom is -0.396 e. The number of carbonyl (C=O) groups is 1. The molecule has 0 saturated carbocycles. The van der Waals surface area contributed by atoms with Crippen molar-refractivity contribution in [2.24, 2.45) is 0 Å². The first kappa shape index (κ1) is 20.4. The minimum absolute atomic E-state index is 0.00862. The van der Waals surface area contributed by atoms with Crippen LogP contribution in [0.1, 0.15) is 35.1 Å². The number of para-hydroxylation sites is 1. The molecule has 2 aromatic heterocycles. The van der Waals surface area contributed by atoms with Gasteiger partial charge < -0.3 is 9.67 Å². The van der Waals surface area contributed by atoms with Gasteiger partial charge in [0.2, 0.25) is 0 Å². The van der Waals surface area contributed by atoms with Gasteiger partial charge in [-0.2, -0.15) is 0 Å². The Bertz CT molecular complexity index is 1070. The van der Waals surface area contributed by atoms with Crippen molar-refractivity contribution in [2.45, 2.75) is 45.4 Å². The molecule has 3 aromatic rings. The van der Waals surface area contributed by atoms with Crippen molar-refractivity contribution in [3.63, 3.8) is 0 Å². The molecule has 0 bridgehead atoms. The summed E-state index contributed by atoms with van der Waals surface area (Å²) < 4.78 is 3.68. The van der Waals surface area contributed by atoms with Gasteiger partial charge >= 0.3 is 0 Å². The van der Waals surface area contributed by atoms with Gasteiger partial charge in [0.15, 0.2) is 10.9 Å². The smallest absolute Gasteiger partial charge is 0.262 e. The van der Waals surface area contributed by atoms with E-state index in [0.717, 1.165) is 23.5 Å². The third kappa shape index (κ3) is 3.91. The summed E-state index contributed by atoms with van der Waals surface area (Å²) >= 11 is 1.27. The number of aliphatic hydroxyl groups excluding tert-OH is 1. The Balaban J connectivity index is 1.91. The van der Waals surface area contributed by atoms with E-state index in [-0.39, 0.29) is 23.7 Å². The highest BCUT2D eigenvalue weighted by atomic mass is 32.2. The van der Waals surface area contributed by atoms with E-state index in [0.29, 0.717) is 29.0 Å². The van der Waals surface area contributed by atoms with E-state index in [1.165, 1.54) is 11.8 Å². The minimum atomic E-state index is -0.141. The van der Waals surface area contributed by atoms with Gasteiger partial charge in [0.1, 0.15) is 0 Å². The quantitative estimate of drug-likeness (QED) is 0.358. The molecule has 148 valence electrons. The van der Waals surface area contributed by atoms with Gasteiger partial charge in [-0.25, -0.2) is 4.98 Å². The van der Waals surface area contributed by atoms with Crippen molar-refractivity contribution in [3.8, 4) is 0 Å². The van der Waals surface area contributed by atoms with Gasteiger partial charge in [-0.1, -0.05) is 23.9 Å². The zero-order valence-electron chi connectivity index (χ0n) is 16.4. The molecule has 0 amide bonds. The number of Topliss-reactive ketones (excluding diaryl/α,β-unsaturated/α-hetero) is 1. The van der Waals surface area contributed by atoms with Crippen LogP contribution in [0.15, 0.2) is 40.3 Å². The van der Waals surface area contributed by atoms with Crippen molar-refractivity contribution in [1.82, 2.24) is 14.1 Å². The lowest BCUT2D eigenvalue weighted by atomic mass is 10.2. The number of carbonyl (C=O) groups excluding carboxylic acids is 1. The van der Waals surface area contributed by atoms with Crippen LogP contribution in [0.3, 0.4) is 0 Å². The summed E-state index contributed by atoms with van der Waals surface area (Å²) in [5.41, 5.74) is 3.23. The molecule has 28 heavy (non-hydrogen) atoms. The highest BCUT2D eigenvalue weighted by Crippen LogP contribution is 2.22. The van der Waals surface area contributed by atoms with Crippen LogP contribution in [-0.2, 0) is 13.1 Å². The highest BCUT2D eigenvalue weighted by molar-refractivity contribution is 7.99. The zero-order valence-corrected chi connectivity index (χ0v) is 17.3. The number of rotatable bonds is 8. The third-order valence-electron chi connectivity index (χ3n) is 4.89. The molecule has 1 N–H and O–H groups in total. The Morgan fingerprint density at radius 3 is 2.64 bits per heavy atom. The number of nitrogens with zero attached hydrogens (tertiary/aromatic N) is 3. The molecule has 0 fully saturated rings. The second kappa shape index (κ2) is 8.75. The molecule has 1 aromatic carbocycles. The van der Waals surface area contributed by atoms with E-state index in [9.17, 15) is 14.7 Å². The van der Waals surface area contributed by atoms with E-state index in [4.69, 9.17) is 0 Å². The highest BCUT2D eigenvalue weighted by Gasteiger charge is 2.17. The van der Waals surface area contributed by atoms with Crippen molar-refractivity contribution in [1.29, 1.82) is 0 Å². The SMILES string of the molecule is CCn1c(C)cc(C(=O)CSc2nc3ccccc3c(=O)n2CCCO)c1C. The van der Waals surface area contributed by atoms with Crippen LogP contribution in [0.25, 0.3) is 10.9 Å². The molecule has 0 radical (unpaired) electrons. The summed E-state index contributed by atoms with van der Waals surface area (Å²) in [7, 11) is 0. The standard InChI is InChI=1S/C21H25N3O3S/c1-4-23-14(2)12-17(15(23)3)19(26)13-28-21-22-18-9-6-5-8-16(18)20(27)24(21)10-7-11-25/h5-6,8-9,12,25H,4,7,10-11,13H2,1-3H3. The van der Waals surface area contributed by atoms with Crippen molar-refractivity contribution in [3.05, 3.63) is 57.6 Å². The van der Waals surface area contributed by atoms with Crippen LogP contribution in [0, 0.1) is 13.8 Å². The van der Waals surface area contributed by atoms with Crippen LogP contribution in [-0.4, -0.2) is 37.4 Å². The third-order valence-corrected chi connectivity index (χ3v) is 5.87. The molecule has 0 unspecified atom stereocenters. The average Bonchev–Trinajstić information content (AvgIpc) is 2.99. The summed E-state index contributed by atoms with van der Waals surface area (Å²) in [5.74, 6) is 0.228. The number of aryl methyl sites for hydroxylation is 1. The lowest BCUT2D eigenvalue weighted by Crippen LogP contribution is -2.24. The van der Waals surface area contributed by atoms with E-state index in [2.05, 4.69) is 16.5 Å². The first-order valence-electron chi connectivity index (χ1n) is 9.41. The predicted molar refractivity (Wildman–Crippen MR) is 112 cm³/mol. The van der Waals surface area contributed by atoms with E-state index < -0.39 is 0 Å². The van der Waals surface area contributed by atoms with Crippen molar-refractivity contribution < 1.29 is 9.90 Å². The predicted octanol–water partition coefficient (Wildman–Crippen LogP) is 3.19. The summed E-state index contributed by atoms with van der Waals surface area (Å²) in [6.45, 7) is 7.20. The largest absolute Gasteiger partial charge is 0.396 e. The molecule has 7 heteroatoms. The molecule has 0 aliphatic carbocycles. The van der Waals surface area contributed by atoms with E-state index in [1.54, 1.807) is 16.7 Å². The Kier molecular flexibility index (Phi) is 6.36. The Morgan fingerprint density at radius 1 is 1.21 bits per heavy atom. The van der Waals surface area contributed by atoms with Crippen LogP contribution in [0.2, 0.25) is 0 Å². The molecule has 0 aliphatic rings. The van der Waals surface area contributed by atoms with E-state index >= 15 is 0 Å². The van der Waals surface area contributed by atoms with Crippen LogP contribution in [0.4, 0.5) is 0 Å². The number of aromatic nitrogens is 3. The van der Waals surface area contributed by atoms with Crippen LogP contribution in [0.5, 0.6) is 0 Å². The molecule has 0 spiro atoms. The molecular formula is C21H25N3O3S. The second-order valence-electron chi connectivity index (χ2n) is 6.69. The Labute approximate surface area is 168 Å². The number of fused-ring (bicyclic) bond motifs is 1. The maximum absolute atomic E-state index is 12.9. The fourth-order valence-electron chi connectivity index (χ4n) is 3.46. The average molecular weight is 400 g/mol. The fourth-order valence-corrected chi connectivity index (χ4v) is 4.37. The van der Waals surface area contributed by atoms with Crippen molar-refractivity contribution in [2.75, 3.05) is 12.4 Å². The molecule has 2 heterocycles. The summed E-state index contributed by atoms with van der Waals surface area (Å²) in [4.78, 5) is 30.3. The monoisotopic (exact) mass is 399 g/mol. The normalized spacial score (nSPS) is 11.3. The second-order valence-corrected chi connectivity index (χ2v) is 7.63. The maximum Gasteiger partial charge on any atom is 0.262 e. The lowest BCUT2D eigenvalue weighted by molar-refractivity contribution is 0.102. The fraction of sp³-hybridized carbons (Fsp3) is 0.381. The number of ketones is 1. The van der Waals surface area contributed by atoms with Gasteiger partial charge in [-0.05, 0) is 45.4 Å². The van der Waals surface area contributed by atoms with Gasteiger partial charge in [0.25, 0.3) is 5.56 Å². The van der Waals surface area contributed by atoms with E-state index in [1.807, 2.05) is 32.0 Å². The summed E-state index contributed by atoms with van der Waals surface area (Å²) in [5, 5.41) is 10.2. The number of hydrogen-bond donors (Lipinski definition) is 1. The Morgan fingerprint density at radius 2 is 1.96 bits per heavy atom. The first-order valence-corrected chi connectivity index (χ1v) is 10.4. The molecule has 6 nitrogen and oxygen atoms in total. The lowest BCUT2D eigenvalue weighted by Gasteiger charge is -2.12. The first-order chi connectivity index (χ1) is 13.5. The molecular weight excluding hydrogens is 374 g/mol. The zero-order chi connectivity index (χ0) is 20.3. The number of aliphatic hydroxyl groups is 1. The topological polar surface area (TPSA) is 77.1 Å². The number of hydrogen-bond acceptors (Lipinski definition) is 5. The van der Waals surface area contributed by atoms with Gasteiger partial charge in [0.05, 0.1) is 16.7 Å². The van der Waals surface area contributed by atoms with Gasteiger partial charge in [0, 0.05) is 36.6 Å². The molecule has 0 atom stereocenters. The van der Waals surface area contributed by atoms with Crippen LogP contribution >= 0.6 is 11.8 Å².